The van der Waals surface area contributed by atoms with Crippen molar-refractivity contribution in [2.45, 2.75) is 13.0 Å². The molecule has 162 valence electrons. The number of benzene rings is 2. The van der Waals surface area contributed by atoms with Crippen molar-refractivity contribution in [1.82, 2.24) is 10.2 Å². The van der Waals surface area contributed by atoms with Crippen LogP contribution in [-0.4, -0.2) is 60.1 Å². The van der Waals surface area contributed by atoms with Gasteiger partial charge < -0.3 is 25.7 Å². The topological polar surface area (TPSA) is 119 Å². The summed E-state index contributed by atoms with van der Waals surface area (Å²) in [6, 6.07) is 15.9. The molecule has 30 heavy (non-hydrogen) atoms. The average molecular weight is 436 g/mol. The zero-order valence-electron chi connectivity index (χ0n) is 17.1. The van der Waals surface area contributed by atoms with Gasteiger partial charge in [-0.25, -0.2) is 9.59 Å². The summed E-state index contributed by atoms with van der Waals surface area (Å²) in [5.74, 6) is -3.73. The number of carbonyl (C=O) groups excluding carboxylic acids is 1. The summed E-state index contributed by atoms with van der Waals surface area (Å²) < 4.78 is 0. The highest BCUT2D eigenvalue weighted by molar-refractivity contribution is 6.31. The lowest BCUT2D eigenvalue weighted by Gasteiger charge is -2.25. The van der Waals surface area contributed by atoms with Crippen LogP contribution in [0.2, 0.25) is 5.02 Å². The Morgan fingerprint density at radius 3 is 2.17 bits per heavy atom. The van der Waals surface area contributed by atoms with Gasteiger partial charge in [-0.1, -0.05) is 48.0 Å². The number of carboxylic acid groups (broad SMARTS) is 2. The van der Waals surface area contributed by atoms with Gasteiger partial charge in [0.05, 0.1) is 6.54 Å². The summed E-state index contributed by atoms with van der Waals surface area (Å²) >= 11 is 5.98. The second kappa shape index (κ2) is 12.6. The first-order chi connectivity index (χ1) is 14.1. The van der Waals surface area contributed by atoms with Gasteiger partial charge in [-0.2, -0.15) is 0 Å². The van der Waals surface area contributed by atoms with Crippen LogP contribution in [0.5, 0.6) is 0 Å². The number of amides is 1. The van der Waals surface area contributed by atoms with E-state index in [-0.39, 0.29) is 18.5 Å². The first kappa shape index (κ1) is 25.1. The van der Waals surface area contributed by atoms with Gasteiger partial charge in [0.15, 0.2) is 0 Å². The molecule has 2 aromatic rings. The number of halogens is 1. The molecule has 0 aliphatic heterocycles. The Labute approximate surface area is 180 Å². The summed E-state index contributed by atoms with van der Waals surface area (Å²) in [4.78, 5) is 32.5. The highest BCUT2D eigenvalue weighted by atomic mass is 35.5. The quantitative estimate of drug-likeness (QED) is 0.493. The van der Waals surface area contributed by atoms with Gasteiger partial charge in [-0.15, -0.1) is 0 Å². The number of anilines is 1. The molecule has 1 atom stereocenters. The normalized spacial score (nSPS) is 11.2. The van der Waals surface area contributed by atoms with Gasteiger partial charge in [0.2, 0.25) is 5.91 Å². The van der Waals surface area contributed by atoms with Crippen LogP contribution in [0.4, 0.5) is 5.69 Å². The van der Waals surface area contributed by atoms with Gasteiger partial charge in [-0.3, -0.25) is 4.79 Å². The molecule has 0 aliphatic carbocycles. The maximum absolute atomic E-state index is 12.1. The van der Waals surface area contributed by atoms with Crippen molar-refractivity contribution >= 4 is 35.1 Å². The predicted octanol–water partition coefficient (Wildman–Crippen LogP) is 2.64. The lowest BCUT2D eigenvalue weighted by atomic mass is 10.1. The van der Waals surface area contributed by atoms with Crippen LogP contribution in [0.15, 0.2) is 48.5 Å². The van der Waals surface area contributed by atoms with Gasteiger partial charge in [0.25, 0.3) is 0 Å². The summed E-state index contributed by atoms with van der Waals surface area (Å²) in [5, 5.41) is 21.5. The molecule has 0 saturated heterocycles. The number of nitrogens with one attached hydrogen (secondary N) is 2. The molecule has 0 saturated carbocycles. The van der Waals surface area contributed by atoms with Crippen molar-refractivity contribution in [1.29, 1.82) is 0 Å². The summed E-state index contributed by atoms with van der Waals surface area (Å²) in [6.07, 6.45) is 0. The third-order valence-corrected chi connectivity index (χ3v) is 4.32. The Balaban J connectivity index is 0.000000656. The van der Waals surface area contributed by atoms with E-state index in [1.807, 2.05) is 51.4 Å². The molecule has 4 N–H and O–H groups in total. The number of aryl methyl sites for hydroxylation is 1. The van der Waals surface area contributed by atoms with Gasteiger partial charge in [-0.05, 0) is 44.3 Å². The summed E-state index contributed by atoms with van der Waals surface area (Å²) in [7, 11) is 4.07. The van der Waals surface area contributed by atoms with Crippen molar-refractivity contribution in [2.24, 2.45) is 0 Å². The van der Waals surface area contributed by atoms with Crippen LogP contribution < -0.4 is 10.6 Å². The van der Waals surface area contributed by atoms with Crippen LogP contribution >= 0.6 is 11.6 Å². The fourth-order valence-electron chi connectivity index (χ4n) is 2.52. The predicted molar refractivity (Wildman–Crippen MR) is 116 cm³/mol. The maximum Gasteiger partial charge on any atom is 0.414 e. The Kier molecular flexibility index (Phi) is 10.5. The standard InChI is InChI=1S/C19H24ClN3O.C2H2O4/c1-14-9-10-16(20)11-17(14)22-19(24)13-21-12-18(23(2)3)15-7-5-4-6-8-15;3-1(4)2(5)6/h4-11,18,21H,12-13H2,1-3H3,(H,22,24);(H,3,4)(H,5,6). The molecule has 9 heteroatoms. The van der Waals surface area contributed by atoms with Crippen LogP contribution in [0, 0.1) is 6.92 Å². The van der Waals surface area contributed by atoms with E-state index in [9.17, 15) is 4.79 Å². The molecule has 0 bridgehead atoms. The minimum Gasteiger partial charge on any atom is -0.473 e. The molecule has 2 rings (SSSR count). The average Bonchev–Trinajstić information content (AvgIpc) is 2.69. The number of hydrogen-bond acceptors (Lipinski definition) is 5. The lowest BCUT2D eigenvalue weighted by Crippen LogP contribution is -2.35. The Hall–Kier alpha value is -2.94. The Morgan fingerprint density at radius 1 is 1.03 bits per heavy atom. The van der Waals surface area contributed by atoms with Crippen LogP contribution in [0.1, 0.15) is 17.2 Å². The molecule has 0 aliphatic rings. The molecule has 0 fully saturated rings. The first-order valence-electron chi connectivity index (χ1n) is 9.06. The lowest BCUT2D eigenvalue weighted by molar-refractivity contribution is -0.159. The van der Waals surface area contributed by atoms with E-state index >= 15 is 0 Å². The number of likely N-dealkylation sites (N-methyl/N-ethyl adjacent to an activating group) is 1. The second-order valence-electron chi connectivity index (χ2n) is 6.64. The zero-order chi connectivity index (χ0) is 22.7. The minimum atomic E-state index is -1.82. The molecule has 0 radical (unpaired) electrons. The molecular weight excluding hydrogens is 410 g/mol. The number of carbonyl (C=O) groups is 3. The van der Waals surface area contributed by atoms with Gasteiger partial charge in [0, 0.05) is 23.3 Å². The highest BCUT2D eigenvalue weighted by Crippen LogP contribution is 2.20. The van der Waals surface area contributed by atoms with Gasteiger partial charge in [0.1, 0.15) is 0 Å². The second-order valence-corrected chi connectivity index (χ2v) is 7.08. The summed E-state index contributed by atoms with van der Waals surface area (Å²) in [5.41, 5.74) is 2.96. The van der Waals surface area contributed by atoms with E-state index in [0.29, 0.717) is 11.6 Å². The smallest absolute Gasteiger partial charge is 0.414 e. The van der Waals surface area contributed by atoms with Crippen LogP contribution in [-0.2, 0) is 14.4 Å². The van der Waals surface area contributed by atoms with Crippen molar-refractivity contribution in [2.75, 3.05) is 32.5 Å². The maximum atomic E-state index is 12.1. The zero-order valence-corrected chi connectivity index (χ0v) is 17.8. The molecule has 0 heterocycles. The number of carboxylic acids is 2. The fourth-order valence-corrected chi connectivity index (χ4v) is 2.69. The Morgan fingerprint density at radius 2 is 1.63 bits per heavy atom. The first-order valence-corrected chi connectivity index (χ1v) is 9.44. The van der Waals surface area contributed by atoms with Crippen LogP contribution in [0.3, 0.4) is 0 Å². The van der Waals surface area contributed by atoms with E-state index in [1.165, 1.54) is 5.56 Å². The molecular formula is C21H26ClN3O5. The third-order valence-electron chi connectivity index (χ3n) is 4.09. The number of hydrogen-bond donors (Lipinski definition) is 4. The molecule has 8 nitrogen and oxygen atoms in total. The van der Waals surface area contributed by atoms with E-state index < -0.39 is 11.9 Å². The Bertz CT molecular complexity index is 847. The van der Waals surface area contributed by atoms with Crippen molar-refractivity contribution in [3.8, 4) is 0 Å². The SMILES string of the molecule is Cc1ccc(Cl)cc1NC(=O)CNCC(c1ccccc1)N(C)C.O=C(O)C(=O)O. The van der Waals surface area contributed by atoms with Crippen molar-refractivity contribution in [3.63, 3.8) is 0 Å². The highest BCUT2D eigenvalue weighted by Gasteiger charge is 2.14. The van der Waals surface area contributed by atoms with Crippen molar-refractivity contribution in [3.05, 3.63) is 64.7 Å². The van der Waals surface area contributed by atoms with Gasteiger partial charge >= 0.3 is 11.9 Å². The fraction of sp³-hybridized carbons (Fsp3) is 0.286. The van der Waals surface area contributed by atoms with E-state index in [4.69, 9.17) is 31.4 Å². The largest absolute Gasteiger partial charge is 0.473 e. The van der Waals surface area contributed by atoms with E-state index in [1.54, 1.807) is 6.07 Å². The molecule has 1 unspecified atom stereocenters. The molecule has 0 aromatic heterocycles. The number of aliphatic carboxylic acids is 2. The minimum absolute atomic E-state index is 0.0778. The monoisotopic (exact) mass is 435 g/mol. The molecule has 0 spiro atoms. The molecule has 2 aromatic carbocycles. The van der Waals surface area contributed by atoms with Crippen molar-refractivity contribution < 1.29 is 24.6 Å². The number of nitrogens with zero attached hydrogens (tertiary/aromatic N) is 1. The van der Waals surface area contributed by atoms with Crippen LogP contribution in [0.25, 0.3) is 0 Å². The third kappa shape index (κ3) is 9.04. The summed E-state index contributed by atoms with van der Waals surface area (Å²) in [6.45, 7) is 2.89. The number of rotatable bonds is 7. The van der Waals surface area contributed by atoms with E-state index in [2.05, 4.69) is 27.7 Å². The molecule has 1 amide bonds. The van der Waals surface area contributed by atoms with E-state index in [0.717, 1.165) is 11.3 Å².